The maximum absolute atomic E-state index is 4.52. The lowest BCUT2D eigenvalue weighted by Crippen LogP contribution is -2.17. The van der Waals surface area contributed by atoms with E-state index in [1.165, 1.54) is 10.4 Å². The highest BCUT2D eigenvalue weighted by Crippen LogP contribution is 2.25. The van der Waals surface area contributed by atoms with Crippen LogP contribution < -0.4 is 5.32 Å². The summed E-state index contributed by atoms with van der Waals surface area (Å²) in [6.45, 7) is 2.96. The number of rotatable bonds is 6. The van der Waals surface area contributed by atoms with Crippen LogP contribution in [0.2, 0.25) is 0 Å². The summed E-state index contributed by atoms with van der Waals surface area (Å²) in [5.41, 5.74) is 3.41. The normalized spacial score (nSPS) is 12.2. The first-order valence-corrected chi connectivity index (χ1v) is 9.30. The van der Waals surface area contributed by atoms with Gasteiger partial charge in [-0.2, -0.15) is 5.10 Å². The van der Waals surface area contributed by atoms with Gasteiger partial charge in [-0.3, -0.25) is 4.98 Å². The molecule has 0 fully saturated rings. The average molecular weight is 361 g/mol. The van der Waals surface area contributed by atoms with Crippen molar-refractivity contribution < 1.29 is 0 Å². The van der Waals surface area contributed by atoms with Crippen LogP contribution in [-0.4, -0.2) is 19.7 Å². The minimum Gasteiger partial charge on any atom is -0.305 e. The summed E-state index contributed by atoms with van der Waals surface area (Å²) in [5, 5.41) is 8.90. The number of hydrogen-bond donors (Lipinski definition) is 1. The van der Waals surface area contributed by atoms with E-state index in [-0.39, 0.29) is 6.04 Å². The van der Waals surface area contributed by atoms with Crippen LogP contribution in [0.4, 0.5) is 0 Å². The molecule has 0 saturated heterocycles. The van der Waals surface area contributed by atoms with Crippen molar-refractivity contribution >= 4 is 11.3 Å². The highest BCUT2D eigenvalue weighted by molar-refractivity contribution is 7.15. The number of nitrogens with zero attached hydrogens (tertiary/aromatic N) is 4. The van der Waals surface area contributed by atoms with E-state index >= 15 is 0 Å². The first-order chi connectivity index (χ1) is 12.8. The zero-order valence-electron chi connectivity index (χ0n) is 14.4. The van der Waals surface area contributed by atoms with Gasteiger partial charge in [0.05, 0.1) is 5.69 Å². The van der Waals surface area contributed by atoms with Crippen LogP contribution in [0, 0.1) is 0 Å². The Bertz CT molecular complexity index is 963. The summed E-state index contributed by atoms with van der Waals surface area (Å²) in [5.74, 6) is 0. The minimum atomic E-state index is 0.233. The first-order valence-electron chi connectivity index (χ1n) is 8.48. The van der Waals surface area contributed by atoms with Crippen LogP contribution in [0.15, 0.2) is 73.4 Å². The van der Waals surface area contributed by atoms with Crippen molar-refractivity contribution in [3.05, 3.63) is 83.9 Å². The highest BCUT2D eigenvalue weighted by atomic mass is 32.1. The topological polar surface area (TPSA) is 55.6 Å². The van der Waals surface area contributed by atoms with Gasteiger partial charge >= 0.3 is 0 Å². The Morgan fingerprint density at radius 1 is 1.12 bits per heavy atom. The Morgan fingerprint density at radius 3 is 2.81 bits per heavy atom. The van der Waals surface area contributed by atoms with Crippen molar-refractivity contribution in [1.82, 2.24) is 25.1 Å². The van der Waals surface area contributed by atoms with Gasteiger partial charge in [-0.05, 0) is 42.8 Å². The molecule has 6 heteroatoms. The summed E-state index contributed by atoms with van der Waals surface area (Å²) in [6.07, 6.45) is 9.28. The van der Waals surface area contributed by atoms with E-state index in [4.69, 9.17) is 0 Å². The van der Waals surface area contributed by atoms with Crippen molar-refractivity contribution in [2.24, 2.45) is 0 Å². The van der Waals surface area contributed by atoms with E-state index in [1.807, 2.05) is 35.3 Å². The molecule has 0 aliphatic rings. The number of aromatic nitrogens is 4. The zero-order valence-corrected chi connectivity index (χ0v) is 15.2. The predicted octanol–water partition coefficient (Wildman–Crippen LogP) is 4.24. The van der Waals surface area contributed by atoms with Gasteiger partial charge < -0.3 is 5.32 Å². The Kier molecular flexibility index (Phi) is 4.86. The molecule has 4 rings (SSSR count). The van der Waals surface area contributed by atoms with Crippen LogP contribution in [0.3, 0.4) is 0 Å². The molecule has 0 aliphatic heterocycles. The molecular weight excluding hydrogens is 342 g/mol. The predicted molar refractivity (Wildman–Crippen MR) is 104 cm³/mol. The quantitative estimate of drug-likeness (QED) is 0.558. The molecule has 130 valence electrons. The van der Waals surface area contributed by atoms with E-state index in [1.54, 1.807) is 29.9 Å². The molecule has 26 heavy (non-hydrogen) atoms. The maximum Gasteiger partial charge on any atom is 0.123 e. The fourth-order valence-electron chi connectivity index (χ4n) is 2.75. The third-order valence-electron chi connectivity index (χ3n) is 4.20. The molecule has 3 heterocycles. The van der Waals surface area contributed by atoms with E-state index in [2.05, 4.69) is 51.6 Å². The van der Waals surface area contributed by atoms with Crippen molar-refractivity contribution in [2.75, 3.05) is 0 Å². The van der Waals surface area contributed by atoms with Crippen molar-refractivity contribution in [3.8, 4) is 16.3 Å². The fraction of sp³-hybridized carbons (Fsp3) is 0.150. The Hall–Kier alpha value is -2.83. The molecule has 0 spiro atoms. The molecule has 1 aromatic carbocycles. The van der Waals surface area contributed by atoms with Crippen LogP contribution in [0.5, 0.6) is 0 Å². The largest absolute Gasteiger partial charge is 0.305 e. The minimum absolute atomic E-state index is 0.233. The van der Waals surface area contributed by atoms with E-state index in [9.17, 15) is 0 Å². The van der Waals surface area contributed by atoms with Crippen molar-refractivity contribution in [1.29, 1.82) is 0 Å². The van der Waals surface area contributed by atoms with Crippen LogP contribution in [0.25, 0.3) is 16.3 Å². The molecule has 0 bridgehead atoms. The standard InChI is InChI=1S/C20H19N5S/c1-15(17-4-2-5-18(12-17)25-11-3-8-24-25)22-13-19-14-23-20(26-19)16-6-9-21-10-7-16/h2-12,14-15,22H,13H2,1H3. The molecule has 5 nitrogen and oxygen atoms in total. The molecule has 3 aromatic heterocycles. The summed E-state index contributed by atoms with van der Waals surface area (Å²) in [7, 11) is 0. The number of thiazole rings is 1. The highest BCUT2D eigenvalue weighted by Gasteiger charge is 2.09. The Labute approximate surface area is 156 Å². The summed E-state index contributed by atoms with van der Waals surface area (Å²) < 4.78 is 1.88. The molecular formula is C20H19N5S. The molecule has 0 radical (unpaired) electrons. The summed E-state index contributed by atoms with van der Waals surface area (Å²) in [6, 6.07) is 14.6. The Balaban J connectivity index is 1.42. The van der Waals surface area contributed by atoms with Gasteiger partial charge in [0, 0.05) is 54.0 Å². The fourth-order valence-corrected chi connectivity index (χ4v) is 3.62. The smallest absolute Gasteiger partial charge is 0.123 e. The van der Waals surface area contributed by atoms with Gasteiger partial charge in [0.2, 0.25) is 0 Å². The van der Waals surface area contributed by atoms with Gasteiger partial charge in [-0.25, -0.2) is 9.67 Å². The van der Waals surface area contributed by atoms with Gasteiger partial charge in [-0.1, -0.05) is 12.1 Å². The lowest BCUT2D eigenvalue weighted by Gasteiger charge is -2.14. The van der Waals surface area contributed by atoms with Gasteiger partial charge in [0.1, 0.15) is 5.01 Å². The first kappa shape index (κ1) is 16.6. The number of hydrogen-bond acceptors (Lipinski definition) is 5. The van der Waals surface area contributed by atoms with Crippen LogP contribution in [-0.2, 0) is 6.54 Å². The summed E-state index contributed by atoms with van der Waals surface area (Å²) >= 11 is 1.71. The monoisotopic (exact) mass is 361 g/mol. The maximum atomic E-state index is 4.52. The van der Waals surface area contributed by atoms with Crippen LogP contribution >= 0.6 is 11.3 Å². The number of benzene rings is 1. The molecule has 1 unspecified atom stereocenters. The third-order valence-corrected chi connectivity index (χ3v) is 5.25. The summed E-state index contributed by atoms with van der Waals surface area (Å²) in [4.78, 5) is 9.79. The van der Waals surface area contributed by atoms with Gasteiger partial charge in [-0.15, -0.1) is 11.3 Å². The lowest BCUT2D eigenvalue weighted by molar-refractivity contribution is 0.578. The molecule has 0 amide bonds. The second-order valence-corrected chi connectivity index (χ2v) is 7.13. The SMILES string of the molecule is CC(NCc1cnc(-c2ccncc2)s1)c1cccc(-n2cccn2)c1. The molecule has 4 aromatic rings. The second-order valence-electron chi connectivity index (χ2n) is 6.02. The Morgan fingerprint density at radius 2 is 2.00 bits per heavy atom. The number of pyridine rings is 1. The van der Waals surface area contributed by atoms with Gasteiger partial charge in [0.15, 0.2) is 0 Å². The zero-order chi connectivity index (χ0) is 17.8. The average Bonchev–Trinajstić information content (AvgIpc) is 3.39. The molecule has 1 atom stereocenters. The van der Waals surface area contributed by atoms with Crippen LogP contribution in [0.1, 0.15) is 23.4 Å². The van der Waals surface area contributed by atoms with Crippen molar-refractivity contribution in [2.45, 2.75) is 19.5 Å². The van der Waals surface area contributed by atoms with Crippen molar-refractivity contribution in [3.63, 3.8) is 0 Å². The second kappa shape index (κ2) is 7.59. The van der Waals surface area contributed by atoms with Gasteiger partial charge in [0.25, 0.3) is 0 Å². The molecule has 1 N–H and O–H groups in total. The van der Waals surface area contributed by atoms with E-state index in [0.29, 0.717) is 0 Å². The van der Waals surface area contributed by atoms with E-state index < -0.39 is 0 Å². The lowest BCUT2D eigenvalue weighted by atomic mass is 10.1. The van der Waals surface area contributed by atoms with E-state index in [0.717, 1.165) is 22.8 Å². The molecule has 0 aliphatic carbocycles. The molecule has 0 saturated carbocycles. The number of nitrogens with one attached hydrogen (secondary N) is 1. The third kappa shape index (κ3) is 3.71.